The second-order valence-corrected chi connectivity index (χ2v) is 4.05. The summed E-state index contributed by atoms with van der Waals surface area (Å²) in [7, 11) is 0. The molecule has 0 aliphatic rings. The Morgan fingerprint density at radius 2 is 2.06 bits per heavy atom. The van der Waals surface area contributed by atoms with E-state index in [1.807, 2.05) is 43.3 Å². The van der Waals surface area contributed by atoms with Gasteiger partial charge >= 0.3 is 0 Å². The van der Waals surface area contributed by atoms with Gasteiger partial charge in [0.25, 0.3) is 0 Å². The summed E-state index contributed by atoms with van der Waals surface area (Å²) in [5, 5.41) is 6.95. The number of pyridine rings is 1. The molecule has 1 aromatic carbocycles. The molecule has 0 aliphatic heterocycles. The first-order chi connectivity index (χ1) is 8.79. The van der Waals surface area contributed by atoms with Gasteiger partial charge in [-0.05, 0) is 19.1 Å². The number of nitrogens with one attached hydrogen (secondary N) is 2. The average molecular weight is 243 g/mol. The van der Waals surface area contributed by atoms with Gasteiger partial charge in [0, 0.05) is 18.5 Å². The van der Waals surface area contributed by atoms with Gasteiger partial charge < -0.3 is 10.6 Å². The number of likely N-dealkylation sites (N-methyl/N-ethyl adjacent to an activating group) is 1. The van der Waals surface area contributed by atoms with Gasteiger partial charge in [-0.15, -0.1) is 0 Å². The van der Waals surface area contributed by atoms with Gasteiger partial charge in [0.05, 0.1) is 17.8 Å². The van der Waals surface area contributed by atoms with Gasteiger partial charge in [0.2, 0.25) is 5.91 Å². The van der Waals surface area contributed by atoms with Crippen molar-refractivity contribution in [2.24, 2.45) is 0 Å². The molecule has 2 N–H and O–H groups in total. The summed E-state index contributed by atoms with van der Waals surface area (Å²) in [4.78, 5) is 15.8. The van der Waals surface area contributed by atoms with Crippen molar-refractivity contribution in [3.63, 3.8) is 0 Å². The van der Waals surface area contributed by atoms with Crippen molar-refractivity contribution in [3.8, 4) is 0 Å². The van der Waals surface area contributed by atoms with E-state index in [2.05, 4.69) is 15.6 Å². The van der Waals surface area contributed by atoms with Crippen LogP contribution in [0.25, 0.3) is 10.9 Å². The Hall–Kier alpha value is -1.94. The first kappa shape index (κ1) is 12.5. The molecule has 0 saturated carbocycles. The van der Waals surface area contributed by atoms with Crippen molar-refractivity contribution in [1.29, 1.82) is 0 Å². The standard InChI is InChI=1S/C14H17N3O/c1-2-16-14(18)10-15-9-12-8-7-11-5-3-4-6-13(11)17-12/h3-8,15H,2,9-10H2,1H3,(H,16,18). The van der Waals surface area contributed by atoms with Crippen LogP contribution in [0.3, 0.4) is 0 Å². The van der Waals surface area contributed by atoms with Gasteiger partial charge in [-0.2, -0.15) is 0 Å². The molecule has 1 heterocycles. The van der Waals surface area contributed by atoms with E-state index in [0.717, 1.165) is 16.6 Å². The maximum atomic E-state index is 11.3. The number of hydrogen-bond donors (Lipinski definition) is 2. The van der Waals surface area contributed by atoms with Crippen LogP contribution in [0.2, 0.25) is 0 Å². The van der Waals surface area contributed by atoms with Gasteiger partial charge in [0.1, 0.15) is 0 Å². The lowest BCUT2D eigenvalue weighted by Crippen LogP contribution is -2.33. The fourth-order valence-electron chi connectivity index (χ4n) is 1.77. The lowest BCUT2D eigenvalue weighted by atomic mass is 10.2. The molecule has 0 aliphatic carbocycles. The summed E-state index contributed by atoms with van der Waals surface area (Å²) >= 11 is 0. The molecule has 2 aromatic rings. The zero-order chi connectivity index (χ0) is 12.8. The molecule has 0 spiro atoms. The number of fused-ring (bicyclic) bond motifs is 1. The Bertz CT molecular complexity index is 539. The number of benzene rings is 1. The Morgan fingerprint density at radius 3 is 2.89 bits per heavy atom. The molecule has 0 bridgehead atoms. The van der Waals surface area contributed by atoms with E-state index in [4.69, 9.17) is 0 Å². The van der Waals surface area contributed by atoms with E-state index in [1.54, 1.807) is 0 Å². The van der Waals surface area contributed by atoms with Gasteiger partial charge in [-0.1, -0.05) is 24.3 Å². The summed E-state index contributed by atoms with van der Waals surface area (Å²) in [6.07, 6.45) is 0. The fourth-order valence-corrected chi connectivity index (χ4v) is 1.77. The molecule has 0 unspecified atom stereocenters. The Labute approximate surface area is 106 Å². The molecular weight excluding hydrogens is 226 g/mol. The molecule has 94 valence electrons. The summed E-state index contributed by atoms with van der Waals surface area (Å²) in [6, 6.07) is 12.0. The Kier molecular flexibility index (Phi) is 4.25. The smallest absolute Gasteiger partial charge is 0.233 e. The van der Waals surface area contributed by atoms with Crippen LogP contribution < -0.4 is 10.6 Å². The molecule has 1 aromatic heterocycles. The topological polar surface area (TPSA) is 54.0 Å². The number of amides is 1. The molecular formula is C14H17N3O. The van der Waals surface area contributed by atoms with Gasteiger partial charge in [-0.25, -0.2) is 0 Å². The highest BCUT2D eigenvalue weighted by Crippen LogP contribution is 2.11. The third kappa shape index (κ3) is 3.28. The first-order valence-corrected chi connectivity index (χ1v) is 6.11. The second-order valence-electron chi connectivity index (χ2n) is 4.05. The van der Waals surface area contributed by atoms with E-state index < -0.39 is 0 Å². The predicted molar refractivity (Wildman–Crippen MR) is 72.1 cm³/mol. The Morgan fingerprint density at radius 1 is 1.22 bits per heavy atom. The van der Waals surface area contributed by atoms with E-state index in [9.17, 15) is 4.79 Å². The van der Waals surface area contributed by atoms with Crippen LogP contribution in [-0.2, 0) is 11.3 Å². The highest BCUT2D eigenvalue weighted by atomic mass is 16.1. The lowest BCUT2D eigenvalue weighted by molar-refractivity contribution is -0.120. The van der Waals surface area contributed by atoms with Crippen molar-refractivity contribution in [1.82, 2.24) is 15.6 Å². The van der Waals surface area contributed by atoms with Crippen molar-refractivity contribution in [2.75, 3.05) is 13.1 Å². The molecule has 1 amide bonds. The predicted octanol–water partition coefficient (Wildman–Crippen LogP) is 1.46. The molecule has 18 heavy (non-hydrogen) atoms. The summed E-state index contributed by atoms with van der Waals surface area (Å²) in [5.41, 5.74) is 1.92. The number of hydrogen-bond acceptors (Lipinski definition) is 3. The zero-order valence-electron chi connectivity index (χ0n) is 10.4. The van der Waals surface area contributed by atoms with Crippen LogP contribution in [0.5, 0.6) is 0 Å². The molecule has 0 fully saturated rings. The van der Waals surface area contributed by atoms with Gasteiger partial charge in [0.15, 0.2) is 0 Å². The minimum atomic E-state index is 0.0123. The van der Waals surface area contributed by atoms with Crippen LogP contribution in [-0.4, -0.2) is 24.0 Å². The molecule has 4 nitrogen and oxygen atoms in total. The monoisotopic (exact) mass is 243 g/mol. The largest absolute Gasteiger partial charge is 0.355 e. The Balaban J connectivity index is 1.93. The highest BCUT2D eigenvalue weighted by molar-refractivity contribution is 5.78. The number of carbonyl (C=O) groups is 1. The molecule has 0 radical (unpaired) electrons. The third-order valence-electron chi connectivity index (χ3n) is 2.62. The van der Waals surface area contributed by atoms with Crippen LogP contribution >= 0.6 is 0 Å². The lowest BCUT2D eigenvalue weighted by Gasteiger charge is -2.05. The van der Waals surface area contributed by atoms with Crippen molar-refractivity contribution < 1.29 is 4.79 Å². The zero-order valence-corrected chi connectivity index (χ0v) is 10.4. The quantitative estimate of drug-likeness (QED) is 0.836. The summed E-state index contributed by atoms with van der Waals surface area (Å²) in [5.74, 6) is 0.0123. The van der Waals surface area contributed by atoms with Crippen molar-refractivity contribution in [3.05, 3.63) is 42.1 Å². The molecule has 2 rings (SSSR count). The van der Waals surface area contributed by atoms with E-state index in [0.29, 0.717) is 19.6 Å². The minimum absolute atomic E-state index is 0.0123. The van der Waals surface area contributed by atoms with Crippen LogP contribution in [0.4, 0.5) is 0 Å². The van der Waals surface area contributed by atoms with Crippen LogP contribution in [0, 0.1) is 0 Å². The van der Waals surface area contributed by atoms with Crippen molar-refractivity contribution >= 4 is 16.8 Å². The van der Waals surface area contributed by atoms with Crippen LogP contribution in [0.1, 0.15) is 12.6 Å². The van der Waals surface area contributed by atoms with Gasteiger partial charge in [-0.3, -0.25) is 9.78 Å². The highest BCUT2D eigenvalue weighted by Gasteiger charge is 2.00. The number of rotatable bonds is 5. The number of carbonyl (C=O) groups excluding carboxylic acids is 1. The number of para-hydroxylation sites is 1. The van der Waals surface area contributed by atoms with E-state index in [-0.39, 0.29) is 5.91 Å². The first-order valence-electron chi connectivity index (χ1n) is 6.11. The van der Waals surface area contributed by atoms with E-state index in [1.165, 1.54) is 0 Å². The maximum Gasteiger partial charge on any atom is 0.233 e. The normalized spacial score (nSPS) is 10.5. The maximum absolute atomic E-state index is 11.3. The summed E-state index contributed by atoms with van der Waals surface area (Å²) in [6.45, 7) is 3.49. The van der Waals surface area contributed by atoms with Crippen LogP contribution in [0.15, 0.2) is 36.4 Å². The van der Waals surface area contributed by atoms with E-state index >= 15 is 0 Å². The molecule has 4 heteroatoms. The molecule has 0 saturated heterocycles. The van der Waals surface area contributed by atoms with Crippen molar-refractivity contribution in [2.45, 2.75) is 13.5 Å². The fraction of sp³-hybridized carbons (Fsp3) is 0.286. The third-order valence-corrected chi connectivity index (χ3v) is 2.62. The summed E-state index contributed by atoms with van der Waals surface area (Å²) < 4.78 is 0. The number of nitrogens with zero attached hydrogens (tertiary/aromatic N) is 1. The second kappa shape index (κ2) is 6.12. The number of aromatic nitrogens is 1. The molecule has 0 atom stereocenters. The SMILES string of the molecule is CCNC(=O)CNCc1ccc2ccccc2n1. The average Bonchev–Trinajstić information content (AvgIpc) is 2.39. The minimum Gasteiger partial charge on any atom is -0.355 e.